The zero-order chi connectivity index (χ0) is 24.1. The minimum Gasteiger partial charge on any atom is -0.339 e. The Bertz CT molecular complexity index is 1120. The van der Waals surface area contributed by atoms with Gasteiger partial charge in [-0.3, -0.25) is 9.59 Å². The van der Waals surface area contributed by atoms with E-state index in [1.54, 1.807) is 54.2 Å². The quantitative estimate of drug-likeness (QED) is 0.603. The molecule has 0 atom stereocenters. The molecule has 0 aromatic heterocycles. The number of thioether (sulfide) groups is 1. The summed E-state index contributed by atoms with van der Waals surface area (Å²) in [6.45, 7) is 2.07. The van der Waals surface area contributed by atoms with Crippen LogP contribution in [-0.2, 0) is 14.8 Å². The van der Waals surface area contributed by atoms with Crippen molar-refractivity contribution in [2.24, 2.45) is 5.92 Å². The molecule has 0 aliphatic carbocycles. The maximum atomic E-state index is 13.0. The average molecular weight is 502 g/mol. The summed E-state index contributed by atoms with van der Waals surface area (Å²) in [6.07, 6.45) is 5.97. The second kappa shape index (κ2) is 10.9. The summed E-state index contributed by atoms with van der Waals surface area (Å²) in [6, 6.07) is 14.0. The van der Waals surface area contributed by atoms with Gasteiger partial charge >= 0.3 is 0 Å². The number of nitrogens with one attached hydrogen (secondary N) is 1. The number of rotatable bonds is 6. The second-order valence-corrected chi connectivity index (χ2v) is 11.6. The van der Waals surface area contributed by atoms with E-state index in [1.807, 2.05) is 17.2 Å². The Morgan fingerprint density at radius 1 is 0.912 bits per heavy atom. The molecular weight excluding hydrogens is 470 g/mol. The first-order valence-electron chi connectivity index (χ1n) is 11.7. The fourth-order valence-electron chi connectivity index (χ4n) is 4.54. The molecule has 34 heavy (non-hydrogen) atoms. The normalized spacial score (nSPS) is 18.0. The van der Waals surface area contributed by atoms with Crippen molar-refractivity contribution in [2.45, 2.75) is 41.9 Å². The summed E-state index contributed by atoms with van der Waals surface area (Å²) in [4.78, 5) is 29.2. The number of carbonyl (C=O) groups excluding carboxylic acids is 2. The number of sulfonamides is 1. The van der Waals surface area contributed by atoms with Gasteiger partial charge in [-0.25, -0.2) is 8.42 Å². The van der Waals surface area contributed by atoms with Crippen LogP contribution in [0.4, 0.5) is 5.69 Å². The number of benzene rings is 2. The zero-order valence-corrected chi connectivity index (χ0v) is 21.0. The number of para-hydroxylation sites is 1. The summed E-state index contributed by atoms with van der Waals surface area (Å²) in [7, 11) is -3.58. The van der Waals surface area contributed by atoms with Gasteiger partial charge in [0.15, 0.2) is 0 Å². The number of likely N-dealkylation sites (tertiary alicyclic amines) is 1. The van der Waals surface area contributed by atoms with Crippen molar-refractivity contribution < 1.29 is 18.0 Å². The highest BCUT2D eigenvalue weighted by molar-refractivity contribution is 7.98. The number of amides is 2. The van der Waals surface area contributed by atoms with Crippen LogP contribution < -0.4 is 5.32 Å². The van der Waals surface area contributed by atoms with Gasteiger partial charge in [-0.15, -0.1) is 11.8 Å². The number of piperidine rings is 2. The van der Waals surface area contributed by atoms with E-state index in [-0.39, 0.29) is 22.6 Å². The molecule has 2 aliphatic rings. The summed E-state index contributed by atoms with van der Waals surface area (Å²) >= 11 is 1.56. The first-order valence-corrected chi connectivity index (χ1v) is 14.4. The van der Waals surface area contributed by atoms with Crippen molar-refractivity contribution in [3.8, 4) is 0 Å². The molecule has 9 heteroatoms. The van der Waals surface area contributed by atoms with Gasteiger partial charge in [-0.2, -0.15) is 4.31 Å². The second-order valence-electron chi connectivity index (χ2n) is 8.74. The van der Waals surface area contributed by atoms with E-state index < -0.39 is 10.0 Å². The fourth-order valence-corrected chi connectivity index (χ4v) is 6.41. The number of carbonyl (C=O) groups is 2. The smallest absolute Gasteiger partial charge is 0.255 e. The monoisotopic (exact) mass is 501 g/mol. The van der Waals surface area contributed by atoms with Crippen LogP contribution in [0.3, 0.4) is 0 Å². The first kappa shape index (κ1) is 24.8. The number of nitrogens with zero attached hydrogens (tertiary/aromatic N) is 2. The van der Waals surface area contributed by atoms with Crippen molar-refractivity contribution in [3.63, 3.8) is 0 Å². The fraction of sp³-hybridized carbons (Fsp3) is 0.440. The van der Waals surface area contributed by atoms with Gasteiger partial charge in [-0.1, -0.05) is 12.1 Å². The van der Waals surface area contributed by atoms with Crippen molar-refractivity contribution in [1.82, 2.24) is 9.21 Å². The van der Waals surface area contributed by atoms with Crippen LogP contribution in [0, 0.1) is 5.92 Å². The third-order valence-electron chi connectivity index (χ3n) is 6.58. The van der Waals surface area contributed by atoms with Crippen molar-refractivity contribution >= 4 is 39.3 Å². The lowest BCUT2D eigenvalue weighted by Gasteiger charge is -2.31. The van der Waals surface area contributed by atoms with Gasteiger partial charge in [0.1, 0.15) is 0 Å². The molecule has 2 heterocycles. The van der Waals surface area contributed by atoms with Crippen molar-refractivity contribution in [1.29, 1.82) is 0 Å². The van der Waals surface area contributed by atoms with Crippen LogP contribution >= 0.6 is 11.8 Å². The third-order valence-corrected chi connectivity index (χ3v) is 9.24. The lowest BCUT2D eigenvalue weighted by atomic mass is 9.97. The Labute approximate surface area is 205 Å². The van der Waals surface area contributed by atoms with Gasteiger partial charge in [0.2, 0.25) is 15.9 Å². The minimum absolute atomic E-state index is 0.0518. The first-order chi connectivity index (χ1) is 16.4. The molecule has 0 radical (unpaired) electrons. The average Bonchev–Trinajstić information content (AvgIpc) is 2.89. The number of anilines is 1. The molecule has 4 rings (SSSR count). The molecule has 2 aromatic rings. The molecule has 0 bridgehead atoms. The van der Waals surface area contributed by atoms with Crippen molar-refractivity contribution in [2.75, 3.05) is 37.8 Å². The van der Waals surface area contributed by atoms with Gasteiger partial charge in [0, 0.05) is 37.0 Å². The molecule has 182 valence electrons. The Kier molecular flexibility index (Phi) is 7.95. The molecule has 0 saturated carbocycles. The summed E-state index contributed by atoms with van der Waals surface area (Å²) < 4.78 is 27.5. The Hall–Kier alpha value is -2.36. The van der Waals surface area contributed by atoms with Gasteiger partial charge < -0.3 is 10.2 Å². The van der Waals surface area contributed by atoms with E-state index in [0.29, 0.717) is 37.2 Å². The van der Waals surface area contributed by atoms with Crippen LogP contribution in [0.15, 0.2) is 58.3 Å². The largest absolute Gasteiger partial charge is 0.339 e. The predicted octanol–water partition coefficient (Wildman–Crippen LogP) is 4.07. The summed E-state index contributed by atoms with van der Waals surface area (Å²) in [5.41, 5.74) is 1.03. The molecule has 2 aromatic carbocycles. The van der Waals surface area contributed by atoms with Crippen LogP contribution in [0.5, 0.6) is 0 Å². The molecule has 7 nitrogen and oxygen atoms in total. The molecule has 2 fully saturated rings. The van der Waals surface area contributed by atoms with Crippen molar-refractivity contribution in [3.05, 3.63) is 54.1 Å². The highest BCUT2D eigenvalue weighted by Gasteiger charge is 2.32. The standard InChI is InChI=1S/C25H31N3O4S2/c1-33-20-9-11-21(12-10-20)34(31,32)28-17-13-19(14-18-28)24(29)26-23-8-4-3-7-22(23)25(30)27-15-5-2-6-16-27/h3-4,7-12,19H,2,5-6,13-18H2,1H3,(H,26,29). The van der Waals surface area contributed by atoms with Crippen LogP contribution in [0.2, 0.25) is 0 Å². The molecule has 2 aliphatic heterocycles. The zero-order valence-electron chi connectivity index (χ0n) is 19.4. The minimum atomic E-state index is -3.58. The summed E-state index contributed by atoms with van der Waals surface area (Å²) in [5, 5.41) is 2.94. The van der Waals surface area contributed by atoms with Crippen LogP contribution in [0.25, 0.3) is 0 Å². The van der Waals surface area contributed by atoms with Crippen LogP contribution in [-0.4, -0.2) is 61.9 Å². The molecule has 0 unspecified atom stereocenters. The maximum Gasteiger partial charge on any atom is 0.255 e. The van der Waals surface area contributed by atoms with E-state index >= 15 is 0 Å². The summed E-state index contributed by atoms with van der Waals surface area (Å²) in [5.74, 6) is -0.521. The van der Waals surface area contributed by atoms with E-state index in [4.69, 9.17) is 0 Å². The van der Waals surface area contributed by atoms with E-state index in [2.05, 4.69) is 5.32 Å². The van der Waals surface area contributed by atoms with E-state index in [0.717, 1.165) is 37.2 Å². The Balaban J connectivity index is 1.38. The highest BCUT2D eigenvalue weighted by atomic mass is 32.2. The molecule has 2 saturated heterocycles. The van der Waals surface area contributed by atoms with Crippen LogP contribution in [0.1, 0.15) is 42.5 Å². The van der Waals surface area contributed by atoms with Gasteiger partial charge in [-0.05, 0) is 74.8 Å². The SMILES string of the molecule is CSc1ccc(S(=O)(=O)N2CCC(C(=O)Nc3ccccc3C(=O)N3CCCCC3)CC2)cc1. The molecule has 1 N–H and O–H groups in total. The lowest BCUT2D eigenvalue weighted by Crippen LogP contribution is -2.41. The van der Waals surface area contributed by atoms with E-state index in [9.17, 15) is 18.0 Å². The maximum absolute atomic E-state index is 13.0. The van der Waals surface area contributed by atoms with Gasteiger partial charge in [0.05, 0.1) is 16.1 Å². The van der Waals surface area contributed by atoms with E-state index in [1.165, 1.54) is 4.31 Å². The predicted molar refractivity (Wildman–Crippen MR) is 135 cm³/mol. The molecule has 2 amide bonds. The third kappa shape index (κ3) is 5.47. The Morgan fingerprint density at radius 3 is 2.21 bits per heavy atom. The highest BCUT2D eigenvalue weighted by Crippen LogP contribution is 2.27. The topological polar surface area (TPSA) is 86.8 Å². The number of hydrogen-bond donors (Lipinski definition) is 1. The molecular formula is C25H31N3O4S2. The lowest BCUT2D eigenvalue weighted by molar-refractivity contribution is -0.120. The number of hydrogen-bond acceptors (Lipinski definition) is 5. The Morgan fingerprint density at radius 2 is 1.56 bits per heavy atom. The molecule has 0 spiro atoms. The van der Waals surface area contributed by atoms with Gasteiger partial charge in [0.25, 0.3) is 5.91 Å².